The van der Waals surface area contributed by atoms with Crippen molar-refractivity contribution in [3.63, 3.8) is 0 Å². The Bertz CT molecular complexity index is 457. The SMILES string of the molecule is CCN(CC(C)(C)CN)C(=O)c1ccc(C)cc1F. The molecule has 2 N–H and O–H groups in total. The lowest BCUT2D eigenvalue weighted by Gasteiger charge is -2.31. The number of carbonyl (C=O) groups is 1. The summed E-state index contributed by atoms with van der Waals surface area (Å²) in [5, 5.41) is 0. The fourth-order valence-electron chi connectivity index (χ4n) is 1.87. The van der Waals surface area contributed by atoms with Gasteiger partial charge in [-0.3, -0.25) is 4.79 Å². The van der Waals surface area contributed by atoms with E-state index in [1.807, 2.05) is 20.8 Å². The average Bonchev–Trinajstić information content (AvgIpc) is 2.35. The lowest BCUT2D eigenvalue weighted by atomic mass is 9.92. The first-order valence-electron chi connectivity index (χ1n) is 6.56. The lowest BCUT2D eigenvalue weighted by Crippen LogP contribution is -2.42. The van der Waals surface area contributed by atoms with Gasteiger partial charge in [0.05, 0.1) is 5.56 Å². The van der Waals surface area contributed by atoms with Gasteiger partial charge in [-0.1, -0.05) is 19.9 Å². The van der Waals surface area contributed by atoms with Gasteiger partial charge < -0.3 is 10.6 Å². The molecule has 19 heavy (non-hydrogen) atoms. The van der Waals surface area contributed by atoms with Crippen molar-refractivity contribution in [2.75, 3.05) is 19.6 Å². The van der Waals surface area contributed by atoms with E-state index >= 15 is 0 Å². The van der Waals surface area contributed by atoms with Crippen molar-refractivity contribution < 1.29 is 9.18 Å². The number of rotatable bonds is 5. The predicted molar refractivity (Wildman–Crippen MR) is 75.5 cm³/mol. The zero-order chi connectivity index (χ0) is 14.6. The standard InChI is InChI=1S/C15H23FN2O/c1-5-18(10-15(3,4)9-17)14(19)12-7-6-11(2)8-13(12)16/h6-8H,5,9-10,17H2,1-4H3. The molecule has 0 aromatic heterocycles. The molecule has 1 amide bonds. The quantitative estimate of drug-likeness (QED) is 0.890. The van der Waals surface area contributed by atoms with Crippen LogP contribution in [0.4, 0.5) is 4.39 Å². The van der Waals surface area contributed by atoms with E-state index in [1.165, 1.54) is 6.07 Å². The highest BCUT2D eigenvalue weighted by molar-refractivity contribution is 5.94. The number of amides is 1. The minimum Gasteiger partial charge on any atom is -0.338 e. The number of hydrogen-bond donors (Lipinski definition) is 1. The van der Waals surface area contributed by atoms with Crippen LogP contribution >= 0.6 is 0 Å². The summed E-state index contributed by atoms with van der Waals surface area (Å²) in [4.78, 5) is 14.0. The highest BCUT2D eigenvalue weighted by Gasteiger charge is 2.25. The minimum absolute atomic E-state index is 0.125. The highest BCUT2D eigenvalue weighted by Crippen LogP contribution is 2.18. The Morgan fingerprint density at radius 3 is 2.53 bits per heavy atom. The fourth-order valence-corrected chi connectivity index (χ4v) is 1.87. The molecule has 4 heteroatoms. The van der Waals surface area contributed by atoms with Gasteiger partial charge in [-0.2, -0.15) is 0 Å². The van der Waals surface area contributed by atoms with Gasteiger partial charge in [-0.05, 0) is 43.5 Å². The zero-order valence-electron chi connectivity index (χ0n) is 12.2. The number of aryl methyl sites for hydroxylation is 1. The summed E-state index contributed by atoms with van der Waals surface area (Å²) in [6.45, 7) is 9.21. The number of carbonyl (C=O) groups excluding carboxylic acids is 1. The Morgan fingerprint density at radius 2 is 2.05 bits per heavy atom. The summed E-state index contributed by atoms with van der Waals surface area (Å²) in [5.74, 6) is -0.740. The molecule has 0 saturated carbocycles. The van der Waals surface area contributed by atoms with E-state index in [0.717, 1.165) is 5.56 Å². The highest BCUT2D eigenvalue weighted by atomic mass is 19.1. The van der Waals surface area contributed by atoms with Crippen LogP contribution in [0.3, 0.4) is 0 Å². The maximum atomic E-state index is 13.8. The van der Waals surface area contributed by atoms with Crippen molar-refractivity contribution in [3.05, 3.63) is 35.1 Å². The van der Waals surface area contributed by atoms with E-state index in [9.17, 15) is 9.18 Å². The third kappa shape index (κ3) is 4.03. The molecule has 0 saturated heterocycles. The van der Waals surface area contributed by atoms with E-state index < -0.39 is 5.82 Å². The molecule has 0 spiro atoms. The van der Waals surface area contributed by atoms with Gasteiger partial charge in [0.1, 0.15) is 5.82 Å². The second kappa shape index (κ2) is 6.15. The molecule has 0 bridgehead atoms. The van der Waals surface area contributed by atoms with Crippen LogP contribution in [0.15, 0.2) is 18.2 Å². The molecule has 3 nitrogen and oxygen atoms in total. The van der Waals surface area contributed by atoms with E-state index in [-0.39, 0.29) is 16.9 Å². The summed E-state index contributed by atoms with van der Waals surface area (Å²) in [7, 11) is 0. The van der Waals surface area contributed by atoms with E-state index in [0.29, 0.717) is 19.6 Å². The van der Waals surface area contributed by atoms with Crippen molar-refractivity contribution in [2.45, 2.75) is 27.7 Å². The monoisotopic (exact) mass is 266 g/mol. The second-order valence-corrected chi connectivity index (χ2v) is 5.67. The molecule has 0 fully saturated rings. The third-order valence-electron chi connectivity index (χ3n) is 3.20. The molecule has 0 aliphatic rings. The number of hydrogen-bond acceptors (Lipinski definition) is 2. The predicted octanol–water partition coefficient (Wildman–Crippen LogP) is 2.58. The van der Waals surface area contributed by atoms with Crippen molar-refractivity contribution in [2.24, 2.45) is 11.1 Å². The minimum atomic E-state index is -0.464. The summed E-state index contributed by atoms with van der Waals surface area (Å²) in [6.07, 6.45) is 0. The van der Waals surface area contributed by atoms with Crippen LogP contribution in [0.25, 0.3) is 0 Å². The van der Waals surface area contributed by atoms with Gasteiger partial charge in [0.25, 0.3) is 5.91 Å². The van der Waals surface area contributed by atoms with Crippen molar-refractivity contribution in [1.82, 2.24) is 4.90 Å². The van der Waals surface area contributed by atoms with Gasteiger partial charge in [0.15, 0.2) is 0 Å². The summed E-state index contributed by atoms with van der Waals surface area (Å²) >= 11 is 0. The molecule has 0 heterocycles. The zero-order valence-corrected chi connectivity index (χ0v) is 12.2. The number of nitrogens with zero attached hydrogens (tertiary/aromatic N) is 1. The largest absolute Gasteiger partial charge is 0.338 e. The summed E-state index contributed by atoms with van der Waals surface area (Å²) in [6, 6.07) is 4.68. The topological polar surface area (TPSA) is 46.3 Å². The van der Waals surface area contributed by atoms with Crippen molar-refractivity contribution in [1.29, 1.82) is 0 Å². The molecule has 106 valence electrons. The Kier molecular flexibility index (Phi) is 5.06. The summed E-state index contributed by atoms with van der Waals surface area (Å²) in [5.41, 5.74) is 6.44. The van der Waals surface area contributed by atoms with Crippen LogP contribution < -0.4 is 5.73 Å². The first-order valence-corrected chi connectivity index (χ1v) is 6.56. The van der Waals surface area contributed by atoms with Crippen LogP contribution in [0.2, 0.25) is 0 Å². The molecular formula is C15H23FN2O. The van der Waals surface area contributed by atoms with Crippen molar-refractivity contribution in [3.8, 4) is 0 Å². The molecule has 1 aromatic rings. The first kappa shape index (κ1) is 15.6. The normalized spacial score (nSPS) is 11.5. The Labute approximate surface area is 114 Å². The van der Waals surface area contributed by atoms with Crippen LogP contribution in [0.5, 0.6) is 0 Å². The van der Waals surface area contributed by atoms with Crippen LogP contribution in [0.1, 0.15) is 36.7 Å². The molecule has 0 aliphatic carbocycles. The number of nitrogens with two attached hydrogens (primary N) is 1. The number of benzene rings is 1. The Hall–Kier alpha value is -1.42. The van der Waals surface area contributed by atoms with Crippen LogP contribution in [-0.4, -0.2) is 30.4 Å². The molecule has 0 unspecified atom stereocenters. The Balaban J connectivity index is 2.96. The first-order chi connectivity index (χ1) is 8.80. The third-order valence-corrected chi connectivity index (χ3v) is 3.20. The molecule has 0 aliphatic heterocycles. The van der Waals surface area contributed by atoms with Crippen molar-refractivity contribution >= 4 is 5.91 Å². The van der Waals surface area contributed by atoms with Gasteiger partial charge in [0, 0.05) is 13.1 Å². The maximum absolute atomic E-state index is 13.8. The van der Waals surface area contributed by atoms with E-state index in [1.54, 1.807) is 24.0 Å². The van der Waals surface area contributed by atoms with Gasteiger partial charge in [-0.25, -0.2) is 4.39 Å². The maximum Gasteiger partial charge on any atom is 0.256 e. The molecule has 0 radical (unpaired) electrons. The molecular weight excluding hydrogens is 243 g/mol. The van der Waals surface area contributed by atoms with Gasteiger partial charge in [-0.15, -0.1) is 0 Å². The average molecular weight is 266 g/mol. The lowest BCUT2D eigenvalue weighted by molar-refractivity contribution is 0.0696. The van der Waals surface area contributed by atoms with Crippen LogP contribution in [0, 0.1) is 18.2 Å². The molecule has 0 atom stereocenters. The smallest absolute Gasteiger partial charge is 0.256 e. The second-order valence-electron chi connectivity index (χ2n) is 5.67. The van der Waals surface area contributed by atoms with E-state index in [2.05, 4.69) is 0 Å². The van der Waals surface area contributed by atoms with Gasteiger partial charge >= 0.3 is 0 Å². The van der Waals surface area contributed by atoms with Crippen LogP contribution in [-0.2, 0) is 0 Å². The van der Waals surface area contributed by atoms with Gasteiger partial charge in [0.2, 0.25) is 0 Å². The van der Waals surface area contributed by atoms with E-state index in [4.69, 9.17) is 5.73 Å². The fraction of sp³-hybridized carbons (Fsp3) is 0.533. The molecule has 1 rings (SSSR count). The Morgan fingerprint density at radius 1 is 1.42 bits per heavy atom. The summed E-state index contributed by atoms with van der Waals surface area (Å²) < 4.78 is 13.8. The number of halogens is 1. The molecule has 1 aromatic carbocycles.